The summed E-state index contributed by atoms with van der Waals surface area (Å²) in [5.41, 5.74) is 5.98. The lowest BCUT2D eigenvalue weighted by Gasteiger charge is -2.32. The molecule has 6 heteroatoms. The summed E-state index contributed by atoms with van der Waals surface area (Å²) in [6.45, 7) is 13.1. The van der Waals surface area contributed by atoms with Gasteiger partial charge in [0.2, 0.25) is 5.91 Å². The molecule has 1 aliphatic heterocycles. The van der Waals surface area contributed by atoms with Gasteiger partial charge < -0.3 is 10.2 Å². The van der Waals surface area contributed by atoms with E-state index in [-0.39, 0.29) is 18.3 Å². The van der Waals surface area contributed by atoms with Crippen molar-refractivity contribution in [2.75, 3.05) is 26.2 Å². The number of likely N-dealkylation sites (tertiary alicyclic amines) is 1. The third-order valence-electron chi connectivity index (χ3n) is 6.22. The van der Waals surface area contributed by atoms with Crippen molar-refractivity contribution in [3.8, 4) is 0 Å². The molecule has 3 rings (SSSR count). The molecule has 1 N–H and O–H groups in total. The van der Waals surface area contributed by atoms with Gasteiger partial charge in [0.15, 0.2) is 0 Å². The maximum absolute atomic E-state index is 12.7. The van der Waals surface area contributed by atoms with Gasteiger partial charge in [-0.3, -0.25) is 9.48 Å². The van der Waals surface area contributed by atoms with Crippen molar-refractivity contribution in [3.63, 3.8) is 0 Å². The first-order valence-corrected chi connectivity index (χ1v) is 11.0. The molecule has 1 saturated heterocycles. The summed E-state index contributed by atoms with van der Waals surface area (Å²) in [5, 5.41) is 8.17. The number of nitrogens with zero attached hydrogens (tertiary/aromatic N) is 3. The molecule has 0 aliphatic carbocycles. The molecule has 0 saturated carbocycles. The van der Waals surface area contributed by atoms with E-state index in [9.17, 15) is 4.79 Å². The largest absolute Gasteiger partial charge is 0.343 e. The summed E-state index contributed by atoms with van der Waals surface area (Å²) in [5.74, 6) is 1.00. The Bertz CT molecular complexity index is 807. The maximum atomic E-state index is 12.7. The van der Waals surface area contributed by atoms with Gasteiger partial charge >= 0.3 is 0 Å². The van der Waals surface area contributed by atoms with E-state index < -0.39 is 0 Å². The number of carbonyl (C=O) groups is 1. The molecule has 2 heterocycles. The number of piperidine rings is 1. The highest BCUT2D eigenvalue weighted by atomic mass is 35.5. The SMILES string of the molecule is CCNCC1CCN(C(=O)CCc2c(C)nn(Cc3ccc(C)cc3)c2C)CC1.Cl. The Balaban J connectivity index is 0.00000320. The second kappa shape index (κ2) is 11.5. The number of halogens is 1. The highest BCUT2D eigenvalue weighted by molar-refractivity contribution is 5.85. The molecular weight excluding hydrogens is 396 g/mol. The van der Waals surface area contributed by atoms with Gasteiger partial charge in [-0.15, -0.1) is 12.4 Å². The summed E-state index contributed by atoms with van der Waals surface area (Å²) in [6.07, 6.45) is 3.59. The second-order valence-electron chi connectivity index (χ2n) is 8.42. The van der Waals surface area contributed by atoms with Crippen LogP contribution in [0.4, 0.5) is 0 Å². The predicted octanol–water partition coefficient (Wildman–Crippen LogP) is 4.06. The third kappa shape index (κ3) is 6.32. The van der Waals surface area contributed by atoms with Gasteiger partial charge in [-0.25, -0.2) is 0 Å². The van der Waals surface area contributed by atoms with Gasteiger partial charge in [-0.1, -0.05) is 36.8 Å². The van der Waals surface area contributed by atoms with E-state index in [0.717, 1.165) is 57.7 Å². The van der Waals surface area contributed by atoms with E-state index in [4.69, 9.17) is 5.10 Å². The summed E-state index contributed by atoms with van der Waals surface area (Å²) in [6, 6.07) is 8.60. The lowest BCUT2D eigenvalue weighted by Crippen LogP contribution is -2.40. The molecule has 2 aromatic rings. The Morgan fingerprint density at radius 3 is 2.43 bits per heavy atom. The van der Waals surface area contributed by atoms with Crippen LogP contribution in [0.3, 0.4) is 0 Å². The minimum absolute atomic E-state index is 0. The molecule has 1 fully saturated rings. The lowest BCUT2D eigenvalue weighted by atomic mass is 9.96. The lowest BCUT2D eigenvalue weighted by molar-refractivity contribution is -0.132. The van der Waals surface area contributed by atoms with Crippen LogP contribution < -0.4 is 5.32 Å². The highest BCUT2D eigenvalue weighted by Gasteiger charge is 2.23. The predicted molar refractivity (Wildman–Crippen MR) is 125 cm³/mol. The molecule has 166 valence electrons. The van der Waals surface area contributed by atoms with Crippen LogP contribution in [0.2, 0.25) is 0 Å². The Morgan fingerprint density at radius 2 is 1.80 bits per heavy atom. The fraction of sp³-hybridized carbons (Fsp3) is 0.583. The highest BCUT2D eigenvalue weighted by Crippen LogP contribution is 2.20. The Morgan fingerprint density at radius 1 is 1.13 bits per heavy atom. The number of aryl methyl sites for hydroxylation is 2. The first-order chi connectivity index (χ1) is 14.0. The van der Waals surface area contributed by atoms with Gasteiger partial charge in [0, 0.05) is 25.2 Å². The molecular formula is C24H37ClN4O. The zero-order valence-electron chi connectivity index (χ0n) is 18.9. The molecule has 0 bridgehead atoms. The van der Waals surface area contributed by atoms with Gasteiger partial charge in [0.1, 0.15) is 0 Å². The van der Waals surface area contributed by atoms with Crippen LogP contribution in [0.5, 0.6) is 0 Å². The van der Waals surface area contributed by atoms with Crippen LogP contribution in [0.15, 0.2) is 24.3 Å². The summed E-state index contributed by atoms with van der Waals surface area (Å²) >= 11 is 0. The molecule has 30 heavy (non-hydrogen) atoms. The Labute approximate surface area is 187 Å². The van der Waals surface area contributed by atoms with Crippen molar-refractivity contribution in [1.82, 2.24) is 20.0 Å². The first kappa shape index (κ1) is 24.4. The van der Waals surface area contributed by atoms with E-state index in [1.165, 1.54) is 22.4 Å². The minimum atomic E-state index is 0. The molecule has 1 aliphatic rings. The van der Waals surface area contributed by atoms with Crippen LogP contribution in [-0.2, 0) is 17.8 Å². The molecule has 5 nitrogen and oxygen atoms in total. The van der Waals surface area contributed by atoms with Crippen molar-refractivity contribution >= 4 is 18.3 Å². The Kier molecular flexibility index (Phi) is 9.37. The minimum Gasteiger partial charge on any atom is -0.343 e. The van der Waals surface area contributed by atoms with Gasteiger partial charge in [-0.05, 0) is 70.2 Å². The second-order valence-corrected chi connectivity index (χ2v) is 8.42. The standard InChI is InChI=1S/C24H36N4O.ClH/c1-5-25-16-21-12-14-27(15-13-21)24(29)11-10-23-19(3)26-28(20(23)4)17-22-8-6-18(2)7-9-22;/h6-9,21,25H,5,10-17H2,1-4H3;1H. The normalized spacial score (nSPS) is 14.6. The zero-order valence-corrected chi connectivity index (χ0v) is 19.7. The van der Waals surface area contributed by atoms with Crippen molar-refractivity contribution in [2.24, 2.45) is 5.92 Å². The van der Waals surface area contributed by atoms with Gasteiger partial charge in [-0.2, -0.15) is 5.10 Å². The quantitative estimate of drug-likeness (QED) is 0.684. The molecule has 0 atom stereocenters. The third-order valence-corrected chi connectivity index (χ3v) is 6.22. The van der Waals surface area contributed by atoms with Gasteiger partial charge in [0.25, 0.3) is 0 Å². The average Bonchev–Trinajstić information content (AvgIpc) is 2.99. The molecule has 0 unspecified atom stereocenters. The number of hydrogen-bond acceptors (Lipinski definition) is 3. The molecule has 1 aromatic heterocycles. The van der Waals surface area contributed by atoms with Crippen LogP contribution >= 0.6 is 12.4 Å². The van der Waals surface area contributed by atoms with Crippen molar-refractivity contribution < 1.29 is 4.79 Å². The van der Waals surface area contributed by atoms with Crippen LogP contribution in [0.1, 0.15) is 54.3 Å². The number of nitrogens with one attached hydrogen (secondary N) is 1. The summed E-state index contributed by atoms with van der Waals surface area (Å²) < 4.78 is 2.08. The molecule has 1 amide bonds. The van der Waals surface area contributed by atoms with E-state index in [1.54, 1.807) is 0 Å². The topological polar surface area (TPSA) is 50.2 Å². The average molecular weight is 433 g/mol. The van der Waals surface area contributed by atoms with Crippen LogP contribution in [-0.4, -0.2) is 46.8 Å². The Hall–Kier alpha value is -1.85. The number of aromatic nitrogens is 2. The van der Waals surface area contributed by atoms with Crippen LogP contribution in [0, 0.1) is 26.7 Å². The first-order valence-electron chi connectivity index (χ1n) is 11.0. The smallest absolute Gasteiger partial charge is 0.222 e. The fourth-order valence-corrected chi connectivity index (χ4v) is 4.24. The van der Waals surface area contributed by atoms with E-state index >= 15 is 0 Å². The number of rotatable bonds is 8. The van der Waals surface area contributed by atoms with Crippen molar-refractivity contribution in [3.05, 3.63) is 52.3 Å². The van der Waals surface area contributed by atoms with Crippen LogP contribution in [0.25, 0.3) is 0 Å². The molecule has 0 radical (unpaired) electrons. The van der Waals surface area contributed by atoms with Crippen molar-refractivity contribution in [1.29, 1.82) is 0 Å². The van der Waals surface area contributed by atoms with Crippen molar-refractivity contribution in [2.45, 2.75) is 59.9 Å². The monoisotopic (exact) mass is 432 g/mol. The zero-order chi connectivity index (χ0) is 20.8. The number of carbonyl (C=O) groups excluding carboxylic acids is 1. The van der Waals surface area contributed by atoms with E-state index in [2.05, 4.69) is 66.9 Å². The number of hydrogen-bond donors (Lipinski definition) is 1. The van der Waals surface area contributed by atoms with E-state index in [0.29, 0.717) is 12.3 Å². The number of benzene rings is 1. The van der Waals surface area contributed by atoms with E-state index in [1.807, 2.05) is 0 Å². The van der Waals surface area contributed by atoms with Gasteiger partial charge in [0.05, 0.1) is 12.2 Å². The summed E-state index contributed by atoms with van der Waals surface area (Å²) in [7, 11) is 0. The number of amides is 1. The maximum Gasteiger partial charge on any atom is 0.222 e. The molecule has 0 spiro atoms. The fourth-order valence-electron chi connectivity index (χ4n) is 4.24. The molecule has 1 aromatic carbocycles. The summed E-state index contributed by atoms with van der Waals surface area (Å²) in [4.78, 5) is 14.8.